The summed E-state index contributed by atoms with van der Waals surface area (Å²) in [5.74, 6) is -1.04. The van der Waals surface area contributed by atoms with Crippen LogP contribution in [0.25, 0.3) is 0 Å². The second-order valence-electron chi connectivity index (χ2n) is 7.39. The SMILES string of the molecule is O=C(Nc1cccc(CN2CCOCC2)c1)C1CCN(c2cccc(Br)c2)C1=O. The van der Waals surface area contributed by atoms with E-state index in [0.717, 1.165) is 54.3 Å². The van der Waals surface area contributed by atoms with Gasteiger partial charge >= 0.3 is 0 Å². The Morgan fingerprint density at radius 3 is 2.69 bits per heavy atom. The van der Waals surface area contributed by atoms with E-state index in [-0.39, 0.29) is 11.8 Å². The third-order valence-electron chi connectivity index (χ3n) is 5.35. The molecule has 0 aromatic heterocycles. The van der Waals surface area contributed by atoms with Crippen LogP contribution in [0.5, 0.6) is 0 Å². The number of ether oxygens (including phenoxy) is 1. The van der Waals surface area contributed by atoms with Gasteiger partial charge in [-0.05, 0) is 42.3 Å². The van der Waals surface area contributed by atoms with E-state index in [0.29, 0.717) is 13.0 Å². The highest BCUT2D eigenvalue weighted by Crippen LogP contribution is 2.28. The summed E-state index contributed by atoms with van der Waals surface area (Å²) in [6.07, 6.45) is 0.519. The van der Waals surface area contributed by atoms with Crippen molar-refractivity contribution >= 4 is 39.1 Å². The first kappa shape index (κ1) is 20.1. The third-order valence-corrected chi connectivity index (χ3v) is 5.84. The second-order valence-corrected chi connectivity index (χ2v) is 8.30. The van der Waals surface area contributed by atoms with Crippen LogP contribution in [-0.4, -0.2) is 49.6 Å². The quantitative estimate of drug-likeness (QED) is 0.699. The summed E-state index contributed by atoms with van der Waals surface area (Å²) in [5.41, 5.74) is 2.68. The Balaban J connectivity index is 1.39. The van der Waals surface area contributed by atoms with Crippen molar-refractivity contribution < 1.29 is 14.3 Å². The standard InChI is InChI=1S/C22H24BrN3O3/c23-17-4-2-6-19(14-17)26-8-7-20(22(26)28)21(27)24-18-5-1-3-16(13-18)15-25-9-11-29-12-10-25/h1-6,13-14,20H,7-12,15H2,(H,24,27). The first-order valence-electron chi connectivity index (χ1n) is 9.87. The molecule has 2 aliphatic heterocycles. The topological polar surface area (TPSA) is 61.9 Å². The zero-order valence-corrected chi connectivity index (χ0v) is 17.7. The monoisotopic (exact) mass is 457 g/mol. The van der Waals surface area contributed by atoms with Gasteiger partial charge in [-0.3, -0.25) is 14.5 Å². The van der Waals surface area contributed by atoms with Gasteiger partial charge < -0.3 is 15.0 Å². The van der Waals surface area contributed by atoms with Crippen LogP contribution in [0.1, 0.15) is 12.0 Å². The van der Waals surface area contributed by atoms with Gasteiger partial charge in [-0.1, -0.05) is 34.1 Å². The van der Waals surface area contributed by atoms with Gasteiger partial charge in [0.15, 0.2) is 0 Å². The molecule has 0 radical (unpaired) electrons. The molecule has 1 N–H and O–H groups in total. The lowest BCUT2D eigenvalue weighted by Gasteiger charge is -2.26. The van der Waals surface area contributed by atoms with Crippen LogP contribution in [-0.2, 0) is 20.9 Å². The Morgan fingerprint density at radius 2 is 1.90 bits per heavy atom. The maximum atomic E-state index is 12.8. The zero-order valence-electron chi connectivity index (χ0n) is 16.1. The van der Waals surface area contributed by atoms with E-state index < -0.39 is 5.92 Å². The number of morpholine rings is 1. The molecule has 0 aliphatic carbocycles. The Kier molecular flexibility index (Phi) is 6.28. The van der Waals surface area contributed by atoms with E-state index in [1.54, 1.807) is 4.90 Å². The molecule has 6 nitrogen and oxygen atoms in total. The van der Waals surface area contributed by atoms with Crippen molar-refractivity contribution in [2.75, 3.05) is 43.1 Å². The maximum absolute atomic E-state index is 12.8. The molecule has 0 saturated carbocycles. The molecule has 2 fully saturated rings. The number of hydrogen-bond acceptors (Lipinski definition) is 4. The van der Waals surface area contributed by atoms with Crippen molar-refractivity contribution in [3.63, 3.8) is 0 Å². The van der Waals surface area contributed by atoms with Crippen molar-refractivity contribution in [1.82, 2.24) is 4.90 Å². The Labute approximate surface area is 178 Å². The summed E-state index contributed by atoms with van der Waals surface area (Å²) in [6.45, 7) is 4.72. The molecular formula is C22H24BrN3O3. The number of nitrogens with zero attached hydrogens (tertiary/aromatic N) is 2. The number of carbonyl (C=O) groups excluding carboxylic acids is 2. The number of amides is 2. The minimum Gasteiger partial charge on any atom is -0.379 e. The van der Waals surface area contributed by atoms with Crippen LogP contribution < -0.4 is 10.2 Å². The summed E-state index contributed by atoms with van der Waals surface area (Å²) < 4.78 is 6.30. The largest absolute Gasteiger partial charge is 0.379 e. The van der Waals surface area contributed by atoms with Gasteiger partial charge in [0.1, 0.15) is 5.92 Å². The number of benzene rings is 2. The molecule has 7 heteroatoms. The molecule has 1 unspecified atom stereocenters. The molecule has 2 aromatic carbocycles. The molecule has 1 atom stereocenters. The highest BCUT2D eigenvalue weighted by Gasteiger charge is 2.37. The van der Waals surface area contributed by atoms with E-state index in [9.17, 15) is 9.59 Å². The molecule has 2 aliphatic rings. The molecule has 2 saturated heterocycles. The van der Waals surface area contributed by atoms with Crippen molar-refractivity contribution in [1.29, 1.82) is 0 Å². The van der Waals surface area contributed by atoms with E-state index in [4.69, 9.17) is 4.74 Å². The normalized spacial score (nSPS) is 20.1. The zero-order chi connectivity index (χ0) is 20.2. The molecule has 0 bridgehead atoms. The predicted molar refractivity (Wildman–Crippen MR) is 116 cm³/mol. The van der Waals surface area contributed by atoms with Crippen molar-refractivity contribution in [2.24, 2.45) is 5.92 Å². The lowest BCUT2D eigenvalue weighted by atomic mass is 10.1. The Hall–Kier alpha value is -2.22. The molecule has 0 spiro atoms. The smallest absolute Gasteiger partial charge is 0.239 e. The lowest BCUT2D eigenvalue weighted by molar-refractivity contribution is -0.129. The van der Waals surface area contributed by atoms with Gasteiger partial charge in [0.05, 0.1) is 13.2 Å². The minimum atomic E-state index is -0.656. The molecule has 152 valence electrons. The maximum Gasteiger partial charge on any atom is 0.239 e. The van der Waals surface area contributed by atoms with Crippen LogP contribution in [0.3, 0.4) is 0 Å². The number of anilines is 2. The molecule has 2 heterocycles. The summed E-state index contributed by atoms with van der Waals surface area (Å²) in [4.78, 5) is 29.6. The van der Waals surface area contributed by atoms with Gasteiger partial charge in [-0.25, -0.2) is 0 Å². The van der Waals surface area contributed by atoms with Gasteiger partial charge in [0, 0.05) is 42.0 Å². The molecule has 29 heavy (non-hydrogen) atoms. The number of rotatable bonds is 5. The van der Waals surface area contributed by atoms with Crippen LogP contribution in [0.4, 0.5) is 11.4 Å². The fourth-order valence-electron chi connectivity index (χ4n) is 3.82. The number of hydrogen-bond donors (Lipinski definition) is 1. The first-order valence-corrected chi connectivity index (χ1v) is 10.7. The van der Waals surface area contributed by atoms with Crippen LogP contribution in [0.15, 0.2) is 53.0 Å². The van der Waals surface area contributed by atoms with E-state index in [2.05, 4.69) is 32.2 Å². The van der Waals surface area contributed by atoms with E-state index in [1.165, 1.54) is 0 Å². The first-order chi connectivity index (χ1) is 14.1. The summed E-state index contributed by atoms with van der Waals surface area (Å²) >= 11 is 3.43. The summed E-state index contributed by atoms with van der Waals surface area (Å²) in [5, 5.41) is 2.94. The lowest BCUT2D eigenvalue weighted by Crippen LogP contribution is -2.35. The number of nitrogens with one attached hydrogen (secondary N) is 1. The van der Waals surface area contributed by atoms with Gasteiger partial charge in [0.25, 0.3) is 0 Å². The minimum absolute atomic E-state index is 0.148. The van der Waals surface area contributed by atoms with E-state index in [1.807, 2.05) is 42.5 Å². The number of carbonyl (C=O) groups is 2. The van der Waals surface area contributed by atoms with Gasteiger partial charge in [-0.15, -0.1) is 0 Å². The van der Waals surface area contributed by atoms with Crippen LogP contribution >= 0.6 is 15.9 Å². The van der Waals surface area contributed by atoms with Crippen molar-refractivity contribution in [3.05, 3.63) is 58.6 Å². The number of halogens is 1. The summed E-state index contributed by atoms with van der Waals surface area (Å²) in [6, 6.07) is 15.4. The molecule has 2 aromatic rings. The second kappa shape index (κ2) is 9.07. The molecular weight excluding hydrogens is 434 g/mol. The molecule has 4 rings (SSSR count). The fraction of sp³-hybridized carbons (Fsp3) is 0.364. The fourth-order valence-corrected chi connectivity index (χ4v) is 4.21. The van der Waals surface area contributed by atoms with Crippen molar-refractivity contribution in [2.45, 2.75) is 13.0 Å². The van der Waals surface area contributed by atoms with Crippen LogP contribution in [0, 0.1) is 5.92 Å². The van der Waals surface area contributed by atoms with Gasteiger partial charge in [-0.2, -0.15) is 0 Å². The van der Waals surface area contributed by atoms with Crippen molar-refractivity contribution in [3.8, 4) is 0 Å². The average Bonchev–Trinajstić information content (AvgIpc) is 3.10. The average molecular weight is 458 g/mol. The Morgan fingerprint density at radius 1 is 1.10 bits per heavy atom. The predicted octanol–water partition coefficient (Wildman–Crippen LogP) is 3.27. The summed E-state index contributed by atoms with van der Waals surface area (Å²) in [7, 11) is 0. The highest BCUT2D eigenvalue weighted by atomic mass is 79.9. The van der Waals surface area contributed by atoms with Crippen LogP contribution in [0.2, 0.25) is 0 Å². The Bertz CT molecular complexity index is 898. The van der Waals surface area contributed by atoms with Gasteiger partial charge in [0.2, 0.25) is 11.8 Å². The third kappa shape index (κ3) is 4.86. The highest BCUT2D eigenvalue weighted by molar-refractivity contribution is 9.10. The molecule has 2 amide bonds. The van der Waals surface area contributed by atoms with E-state index >= 15 is 0 Å².